The molecule has 2 aliphatic rings. The van der Waals surface area contributed by atoms with E-state index in [1.54, 1.807) is 0 Å². The van der Waals surface area contributed by atoms with Crippen LogP contribution in [0.2, 0.25) is 5.02 Å². The van der Waals surface area contributed by atoms with Gasteiger partial charge in [0, 0.05) is 36.8 Å². The summed E-state index contributed by atoms with van der Waals surface area (Å²) >= 11 is 6.34. The number of halogens is 1. The van der Waals surface area contributed by atoms with Crippen LogP contribution in [-0.2, 0) is 0 Å². The van der Waals surface area contributed by atoms with Crippen molar-refractivity contribution in [2.75, 3.05) is 26.2 Å². The molecule has 0 saturated carbocycles. The third kappa shape index (κ3) is 3.89. The van der Waals surface area contributed by atoms with Crippen LogP contribution in [0.15, 0.2) is 36.4 Å². The zero-order valence-electron chi connectivity index (χ0n) is 17.9. The van der Waals surface area contributed by atoms with Crippen molar-refractivity contribution in [3.05, 3.63) is 76.2 Å². The second-order valence-electron chi connectivity index (χ2n) is 8.97. The fraction of sp³-hybridized carbons (Fsp3) is 0.440. The van der Waals surface area contributed by atoms with Crippen LogP contribution in [0.4, 0.5) is 0 Å². The van der Waals surface area contributed by atoms with Gasteiger partial charge >= 0.3 is 0 Å². The molecule has 4 nitrogen and oxygen atoms in total. The summed E-state index contributed by atoms with van der Waals surface area (Å²) in [5.41, 5.74) is 4.94. The van der Waals surface area contributed by atoms with Crippen LogP contribution >= 0.6 is 11.6 Å². The van der Waals surface area contributed by atoms with Crippen LogP contribution in [0, 0.1) is 39.5 Å². The Kier molecular flexibility index (Phi) is 5.93. The summed E-state index contributed by atoms with van der Waals surface area (Å²) in [6.07, 6.45) is -0.741. The van der Waals surface area contributed by atoms with Crippen LogP contribution < -0.4 is 0 Å². The lowest BCUT2D eigenvalue weighted by atomic mass is 9.99. The second-order valence-corrected chi connectivity index (χ2v) is 9.38. The van der Waals surface area contributed by atoms with Gasteiger partial charge in [0.05, 0.1) is 12.1 Å². The summed E-state index contributed by atoms with van der Waals surface area (Å²) in [6.45, 7) is 13.1. The Hall–Kier alpha value is -1.88. The molecule has 5 heteroatoms. The highest BCUT2D eigenvalue weighted by Crippen LogP contribution is 2.38. The zero-order valence-corrected chi connectivity index (χ0v) is 18.7. The van der Waals surface area contributed by atoms with E-state index < -0.39 is 6.10 Å². The fourth-order valence-corrected chi connectivity index (χ4v) is 5.39. The van der Waals surface area contributed by atoms with Gasteiger partial charge < -0.3 is 10.0 Å². The molecule has 2 aromatic carbocycles. The first-order chi connectivity index (χ1) is 14.3. The molecule has 2 heterocycles. The van der Waals surface area contributed by atoms with Crippen LogP contribution in [-0.4, -0.2) is 53.1 Å². The molecule has 4 rings (SSSR count). The smallest absolute Gasteiger partial charge is 0.254 e. The molecule has 1 amide bonds. The Balaban J connectivity index is 1.48. The summed E-state index contributed by atoms with van der Waals surface area (Å²) in [4.78, 5) is 17.5. The van der Waals surface area contributed by atoms with Gasteiger partial charge in [0.2, 0.25) is 0 Å². The number of aliphatic hydroxyl groups is 1. The van der Waals surface area contributed by atoms with E-state index in [1.807, 2.05) is 62.1 Å². The Morgan fingerprint density at radius 2 is 1.63 bits per heavy atom. The van der Waals surface area contributed by atoms with E-state index in [9.17, 15) is 9.90 Å². The SMILES string of the molecule is [CH2]C(O)C(c1ccc(C)c(Cl)c1)N1CC2CN(C(=O)c3c(C)cccc3C)CC2C1. The summed E-state index contributed by atoms with van der Waals surface area (Å²) in [6, 6.07) is 11.8. The molecule has 159 valence electrons. The van der Waals surface area contributed by atoms with E-state index in [0.717, 1.165) is 54.0 Å². The number of nitrogens with zero attached hydrogens (tertiary/aromatic N) is 2. The van der Waals surface area contributed by atoms with Crippen molar-refractivity contribution in [3.63, 3.8) is 0 Å². The number of amides is 1. The van der Waals surface area contributed by atoms with Crippen molar-refractivity contribution in [1.29, 1.82) is 0 Å². The largest absolute Gasteiger partial charge is 0.391 e. The average molecular weight is 426 g/mol. The lowest BCUT2D eigenvalue weighted by Gasteiger charge is -2.32. The first kappa shape index (κ1) is 21.4. The molecule has 2 aromatic rings. The van der Waals surface area contributed by atoms with Gasteiger partial charge in [-0.25, -0.2) is 0 Å². The molecule has 2 aliphatic heterocycles. The summed E-state index contributed by atoms with van der Waals surface area (Å²) in [7, 11) is 0. The lowest BCUT2D eigenvalue weighted by molar-refractivity contribution is 0.0708. The van der Waals surface area contributed by atoms with Crippen LogP contribution in [0.25, 0.3) is 0 Å². The van der Waals surface area contributed by atoms with Gasteiger partial charge in [0.1, 0.15) is 0 Å². The number of carbonyl (C=O) groups is 1. The minimum atomic E-state index is -0.741. The third-order valence-corrected chi connectivity index (χ3v) is 7.20. The minimum absolute atomic E-state index is 0.144. The lowest BCUT2D eigenvalue weighted by Crippen LogP contribution is -2.38. The van der Waals surface area contributed by atoms with Crippen molar-refractivity contribution < 1.29 is 9.90 Å². The van der Waals surface area contributed by atoms with Crippen molar-refractivity contribution >= 4 is 17.5 Å². The van der Waals surface area contributed by atoms with E-state index in [0.29, 0.717) is 16.9 Å². The van der Waals surface area contributed by atoms with E-state index in [-0.39, 0.29) is 11.9 Å². The van der Waals surface area contributed by atoms with E-state index in [4.69, 9.17) is 11.6 Å². The molecule has 2 fully saturated rings. The maximum Gasteiger partial charge on any atom is 0.254 e. The second kappa shape index (κ2) is 8.33. The zero-order chi connectivity index (χ0) is 21.6. The summed E-state index contributed by atoms with van der Waals surface area (Å²) < 4.78 is 0. The van der Waals surface area contributed by atoms with Gasteiger partial charge in [-0.1, -0.05) is 41.9 Å². The van der Waals surface area contributed by atoms with E-state index in [1.165, 1.54) is 0 Å². The Morgan fingerprint density at radius 3 is 2.17 bits per heavy atom. The van der Waals surface area contributed by atoms with E-state index in [2.05, 4.69) is 11.8 Å². The van der Waals surface area contributed by atoms with Gasteiger partial charge in [-0.15, -0.1) is 0 Å². The monoisotopic (exact) mass is 425 g/mol. The van der Waals surface area contributed by atoms with Gasteiger partial charge in [0.25, 0.3) is 5.91 Å². The number of aliphatic hydroxyl groups excluding tert-OH is 1. The Labute approximate surface area is 184 Å². The normalized spacial score (nSPS) is 23.5. The summed E-state index contributed by atoms with van der Waals surface area (Å²) in [5, 5.41) is 11.2. The number of rotatable bonds is 4. The standard InChI is InChI=1S/C25H30ClN2O2/c1-15-8-9-19(10-22(15)26)24(18(4)29)27-11-20-13-28(14-21(20)12-27)25(30)23-16(2)6-5-7-17(23)3/h5-10,18,20-21,24,29H,4,11-14H2,1-3H3. The number of benzene rings is 2. The quantitative estimate of drug-likeness (QED) is 0.798. The van der Waals surface area contributed by atoms with Crippen molar-refractivity contribution in [1.82, 2.24) is 9.80 Å². The predicted molar refractivity (Wildman–Crippen MR) is 121 cm³/mol. The predicted octanol–water partition coefficient (Wildman–Crippen LogP) is 4.21. The number of likely N-dealkylation sites (tertiary alicyclic amines) is 2. The van der Waals surface area contributed by atoms with Gasteiger partial charge in [-0.05, 0) is 67.9 Å². The number of carbonyl (C=O) groups excluding carboxylic acids is 1. The molecule has 30 heavy (non-hydrogen) atoms. The van der Waals surface area contributed by atoms with Crippen molar-refractivity contribution in [3.8, 4) is 0 Å². The molecule has 1 N–H and O–H groups in total. The Morgan fingerprint density at radius 1 is 1.03 bits per heavy atom. The molecule has 0 spiro atoms. The van der Waals surface area contributed by atoms with Crippen LogP contribution in [0.5, 0.6) is 0 Å². The Bertz CT molecular complexity index is 924. The van der Waals surface area contributed by atoms with Crippen LogP contribution in [0.3, 0.4) is 0 Å². The molecular weight excluding hydrogens is 396 g/mol. The molecule has 2 saturated heterocycles. The molecule has 0 aromatic heterocycles. The first-order valence-corrected chi connectivity index (χ1v) is 11.0. The third-order valence-electron chi connectivity index (χ3n) is 6.79. The first-order valence-electron chi connectivity index (χ1n) is 10.6. The molecule has 0 bridgehead atoms. The van der Waals surface area contributed by atoms with Crippen molar-refractivity contribution in [2.24, 2.45) is 11.8 Å². The number of hydrogen-bond donors (Lipinski definition) is 1. The molecule has 1 radical (unpaired) electrons. The minimum Gasteiger partial charge on any atom is -0.391 e. The maximum atomic E-state index is 13.2. The average Bonchev–Trinajstić information content (AvgIpc) is 3.23. The highest BCUT2D eigenvalue weighted by Gasteiger charge is 2.44. The molecule has 4 atom stereocenters. The van der Waals surface area contributed by atoms with Crippen LogP contribution in [0.1, 0.15) is 38.7 Å². The number of hydrogen-bond acceptors (Lipinski definition) is 3. The highest BCUT2D eigenvalue weighted by atomic mass is 35.5. The topological polar surface area (TPSA) is 43.8 Å². The molecule has 0 aliphatic carbocycles. The van der Waals surface area contributed by atoms with Gasteiger partial charge in [-0.3, -0.25) is 9.69 Å². The highest BCUT2D eigenvalue weighted by molar-refractivity contribution is 6.31. The fourth-order valence-electron chi connectivity index (χ4n) is 5.20. The number of aryl methyl sites for hydroxylation is 3. The molecule has 4 unspecified atom stereocenters. The molecular formula is C25H30ClN2O2. The van der Waals surface area contributed by atoms with Gasteiger partial charge in [0.15, 0.2) is 0 Å². The van der Waals surface area contributed by atoms with Gasteiger partial charge in [-0.2, -0.15) is 0 Å². The summed E-state index contributed by atoms with van der Waals surface area (Å²) in [5.74, 6) is 0.978. The maximum absolute atomic E-state index is 13.2. The number of fused-ring (bicyclic) bond motifs is 1. The van der Waals surface area contributed by atoms with E-state index >= 15 is 0 Å². The van der Waals surface area contributed by atoms with Crippen molar-refractivity contribution in [2.45, 2.75) is 32.9 Å².